The van der Waals surface area contributed by atoms with E-state index in [1.165, 1.54) is 17.3 Å². The Kier molecular flexibility index (Phi) is 4.18. The van der Waals surface area contributed by atoms with Crippen molar-refractivity contribution in [3.8, 4) is 5.75 Å². The Morgan fingerprint density at radius 3 is 2.64 bits per heavy atom. The summed E-state index contributed by atoms with van der Waals surface area (Å²) in [7, 11) is 0. The predicted molar refractivity (Wildman–Crippen MR) is 88.5 cm³/mol. The second kappa shape index (κ2) is 6.36. The molecule has 2 aliphatic rings. The Labute approximate surface area is 145 Å². The number of aryl methyl sites for hydroxylation is 1. The van der Waals surface area contributed by atoms with Crippen LogP contribution in [0, 0.1) is 5.92 Å². The van der Waals surface area contributed by atoms with Gasteiger partial charge in [-0.25, -0.2) is 0 Å². The van der Waals surface area contributed by atoms with Gasteiger partial charge < -0.3 is 4.74 Å². The van der Waals surface area contributed by atoms with Crippen LogP contribution >= 0.6 is 0 Å². The van der Waals surface area contributed by atoms with Gasteiger partial charge in [0.2, 0.25) is 0 Å². The van der Waals surface area contributed by atoms with Gasteiger partial charge in [-0.2, -0.15) is 0 Å². The zero-order chi connectivity index (χ0) is 17.4. The topological polar surface area (TPSA) is 22.1 Å². The van der Waals surface area contributed by atoms with E-state index in [9.17, 15) is 13.2 Å². The van der Waals surface area contributed by atoms with Crippen molar-refractivity contribution in [2.24, 2.45) is 5.92 Å². The van der Waals surface area contributed by atoms with Crippen LogP contribution in [-0.4, -0.2) is 11.3 Å². The van der Waals surface area contributed by atoms with E-state index in [2.05, 4.69) is 15.8 Å². The first-order valence-corrected chi connectivity index (χ1v) is 8.81. The molecule has 0 spiro atoms. The van der Waals surface area contributed by atoms with Crippen LogP contribution in [0.5, 0.6) is 5.75 Å². The molecule has 3 atom stereocenters. The lowest BCUT2D eigenvalue weighted by Gasteiger charge is -2.44. The second-order valence-corrected chi connectivity index (χ2v) is 7.01. The minimum atomic E-state index is -4.65. The van der Waals surface area contributed by atoms with Gasteiger partial charge in [-0.15, -0.1) is 13.2 Å². The Morgan fingerprint density at radius 2 is 1.88 bits per heavy atom. The van der Waals surface area contributed by atoms with E-state index in [-0.39, 0.29) is 11.7 Å². The molecule has 1 aromatic heterocycles. The summed E-state index contributed by atoms with van der Waals surface area (Å²) in [5.74, 6) is 1.03. The van der Waals surface area contributed by atoms with E-state index in [1.54, 1.807) is 12.1 Å². The molecule has 25 heavy (non-hydrogen) atoms. The van der Waals surface area contributed by atoms with Gasteiger partial charge >= 0.3 is 6.36 Å². The molecule has 5 heteroatoms. The standard InChI is InChI=1S/C20H20F3NO/c21-20(22,23)25-15-7-1-5-14(12-15)16-9-10-17(16)18-8-2-4-13-6-3-11-24-19(13)18/h1,3,5-7,11-12,16-18H,2,4,8-10H2. The number of halogens is 3. The first-order valence-electron chi connectivity index (χ1n) is 8.81. The van der Waals surface area contributed by atoms with Crippen LogP contribution in [0.1, 0.15) is 54.3 Å². The number of nitrogens with zero attached hydrogens (tertiary/aromatic N) is 1. The Balaban J connectivity index is 1.56. The van der Waals surface area contributed by atoms with Crippen molar-refractivity contribution in [2.75, 3.05) is 0 Å². The first kappa shape index (κ1) is 16.4. The number of hydrogen-bond donors (Lipinski definition) is 0. The minimum Gasteiger partial charge on any atom is -0.406 e. The Morgan fingerprint density at radius 1 is 1.00 bits per heavy atom. The molecule has 2 nitrogen and oxygen atoms in total. The molecule has 1 aromatic carbocycles. The third-order valence-corrected chi connectivity index (χ3v) is 5.60. The first-order chi connectivity index (χ1) is 12.0. The van der Waals surface area contributed by atoms with E-state index < -0.39 is 6.36 Å². The third kappa shape index (κ3) is 3.37. The summed E-state index contributed by atoms with van der Waals surface area (Å²) in [4.78, 5) is 4.62. The molecular formula is C20H20F3NO. The number of alkyl halides is 3. The molecule has 2 aromatic rings. The fourth-order valence-electron chi connectivity index (χ4n) is 4.43. The van der Waals surface area contributed by atoms with Gasteiger partial charge in [-0.05, 0) is 73.3 Å². The maximum absolute atomic E-state index is 12.5. The number of benzene rings is 1. The Hall–Kier alpha value is -2.04. The van der Waals surface area contributed by atoms with E-state index in [1.807, 2.05) is 18.3 Å². The van der Waals surface area contributed by atoms with Gasteiger partial charge in [0.15, 0.2) is 0 Å². The molecule has 132 valence electrons. The molecule has 1 heterocycles. The molecular weight excluding hydrogens is 327 g/mol. The number of pyridine rings is 1. The van der Waals surface area contributed by atoms with E-state index in [0.29, 0.717) is 11.8 Å². The van der Waals surface area contributed by atoms with Gasteiger partial charge in [0.05, 0.1) is 0 Å². The number of fused-ring (bicyclic) bond motifs is 1. The normalized spacial score (nSPS) is 25.8. The smallest absolute Gasteiger partial charge is 0.406 e. The van der Waals surface area contributed by atoms with E-state index >= 15 is 0 Å². The fraction of sp³-hybridized carbons (Fsp3) is 0.450. The monoisotopic (exact) mass is 347 g/mol. The van der Waals surface area contributed by atoms with Gasteiger partial charge in [-0.3, -0.25) is 4.98 Å². The molecule has 0 saturated heterocycles. The summed E-state index contributed by atoms with van der Waals surface area (Å²) >= 11 is 0. The molecule has 0 bridgehead atoms. The highest BCUT2D eigenvalue weighted by Crippen LogP contribution is 2.53. The largest absolute Gasteiger partial charge is 0.573 e. The molecule has 1 fully saturated rings. The number of aromatic nitrogens is 1. The van der Waals surface area contributed by atoms with Crippen LogP contribution in [0.15, 0.2) is 42.6 Å². The van der Waals surface area contributed by atoms with Gasteiger partial charge in [0, 0.05) is 17.8 Å². The van der Waals surface area contributed by atoms with Crippen molar-refractivity contribution in [1.29, 1.82) is 0 Å². The summed E-state index contributed by atoms with van der Waals surface area (Å²) in [5.41, 5.74) is 3.48. The maximum atomic E-state index is 12.5. The second-order valence-electron chi connectivity index (χ2n) is 7.01. The average molecular weight is 347 g/mol. The number of hydrogen-bond acceptors (Lipinski definition) is 2. The lowest BCUT2D eigenvalue weighted by atomic mass is 9.61. The van der Waals surface area contributed by atoms with Gasteiger partial charge in [-0.1, -0.05) is 18.2 Å². The fourth-order valence-corrected chi connectivity index (χ4v) is 4.43. The van der Waals surface area contributed by atoms with Crippen LogP contribution in [0.2, 0.25) is 0 Å². The van der Waals surface area contributed by atoms with Crippen LogP contribution < -0.4 is 4.74 Å². The SMILES string of the molecule is FC(F)(F)Oc1cccc(C2CCC2C2CCCc3cccnc32)c1. The highest BCUT2D eigenvalue weighted by atomic mass is 19.4. The van der Waals surface area contributed by atoms with Gasteiger partial charge in [0.25, 0.3) is 0 Å². The molecule has 0 N–H and O–H groups in total. The molecule has 4 rings (SSSR count). The van der Waals surface area contributed by atoms with E-state index in [0.717, 1.165) is 37.7 Å². The maximum Gasteiger partial charge on any atom is 0.573 e. The lowest BCUT2D eigenvalue weighted by molar-refractivity contribution is -0.274. The average Bonchev–Trinajstić information content (AvgIpc) is 2.53. The van der Waals surface area contributed by atoms with Crippen molar-refractivity contribution < 1.29 is 17.9 Å². The zero-order valence-corrected chi connectivity index (χ0v) is 13.8. The van der Waals surface area contributed by atoms with Crippen LogP contribution in [0.4, 0.5) is 13.2 Å². The van der Waals surface area contributed by atoms with Crippen LogP contribution in [0.3, 0.4) is 0 Å². The third-order valence-electron chi connectivity index (χ3n) is 5.60. The summed E-state index contributed by atoms with van der Waals surface area (Å²) in [5, 5.41) is 0. The summed E-state index contributed by atoms with van der Waals surface area (Å²) in [6.45, 7) is 0. The highest BCUT2D eigenvalue weighted by Gasteiger charge is 2.41. The highest BCUT2D eigenvalue weighted by molar-refractivity contribution is 5.35. The molecule has 2 aliphatic carbocycles. The summed E-state index contributed by atoms with van der Waals surface area (Å²) in [6, 6.07) is 10.6. The molecule has 0 aliphatic heterocycles. The quantitative estimate of drug-likeness (QED) is 0.722. The summed E-state index contributed by atoms with van der Waals surface area (Å²) in [6.07, 6.45) is 2.67. The lowest BCUT2D eigenvalue weighted by Crippen LogP contribution is -2.32. The zero-order valence-electron chi connectivity index (χ0n) is 13.8. The molecule has 0 radical (unpaired) electrons. The van der Waals surface area contributed by atoms with Crippen molar-refractivity contribution in [3.05, 3.63) is 59.4 Å². The Bertz CT molecular complexity index is 759. The van der Waals surface area contributed by atoms with Crippen molar-refractivity contribution in [2.45, 2.75) is 50.3 Å². The van der Waals surface area contributed by atoms with Crippen molar-refractivity contribution in [1.82, 2.24) is 4.98 Å². The molecule has 1 saturated carbocycles. The van der Waals surface area contributed by atoms with Crippen molar-refractivity contribution >= 4 is 0 Å². The predicted octanol–water partition coefficient (Wildman–Crippen LogP) is 5.59. The summed E-state index contributed by atoms with van der Waals surface area (Å²) < 4.78 is 41.5. The molecule has 3 unspecified atom stereocenters. The number of rotatable bonds is 3. The number of ether oxygens (including phenoxy) is 1. The minimum absolute atomic E-state index is 0.127. The molecule has 0 amide bonds. The van der Waals surface area contributed by atoms with E-state index in [4.69, 9.17) is 0 Å². The van der Waals surface area contributed by atoms with Crippen LogP contribution in [-0.2, 0) is 6.42 Å². The van der Waals surface area contributed by atoms with Gasteiger partial charge in [0.1, 0.15) is 5.75 Å². The van der Waals surface area contributed by atoms with Crippen molar-refractivity contribution in [3.63, 3.8) is 0 Å². The van der Waals surface area contributed by atoms with Crippen LogP contribution in [0.25, 0.3) is 0 Å².